The maximum absolute atomic E-state index is 5.61. The predicted molar refractivity (Wildman–Crippen MR) is 72.6 cm³/mol. The molecule has 0 saturated carbocycles. The van der Waals surface area contributed by atoms with E-state index in [1.54, 1.807) is 19.4 Å². The number of aromatic nitrogens is 1. The fourth-order valence-corrected chi connectivity index (χ4v) is 1.98. The monoisotopic (exact) mass is 293 g/mol. The molecule has 0 fully saturated rings. The van der Waals surface area contributed by atoms with Gasteiger partial charge >= 0.3 is 0 Å². The summed E-state index contributed by atoms with van der Waals surface area (Å²) >= 11 is 3.43. The average molecular weight is 294 g/mol. The van der Waals surface area contributed by atoms with Crippen molar-refractivity contribution in [3.63, 3.8) is 0 Å². The fraction of sp³-hybridized carbons (Fsp3) is 0.0833. The molecule has 17 heavy (non-hydrogen) atoms. The molecule has 0 aliphatic rings. The summed E-state index contributed by atoms with van der Waals surface area (Å²) in [6.45, 7) is 0. The number of hydrogen-bond acceptors (Lipinski definition) is 4. The van der Waals surface area contributed by atoms with Crippen molar-refractivity contribution in [2.24, 2.45) is 0 Å². The highest BCUT2D eigenvalue weighted by molar-refractivity contribution is 9.10. The lowest BCUT2D eigenvalue weighted by atomic mass is 10.3. The van der Waals surface area contributed by atoms with Crippen LogP contribution in [0.4, 0.5) is 17.2 Å². The molecule has 1 aromatic heterocycles. The fourth-order valence-electron chi connectivity index (χ4n) is 1.44. The number of halogens is 1. The number of methoxy groups -OCH3 is 1. The van der Waals surface area contributed by atoms with Crippen LogP contribution < -0.4 is 15.8 Å². The lowest BCUT2D eigenvalue weighted by molar-refractivity contribution is 0.412. The highest BCUT2D eigenvalue weighted by Crippen LogP contribution is 2.29. The number of benzene rings is 1. The lowest BCUT2D eigenvalue weighted by Gasteiger charge is -2.09. The van der Waals surface area contributed by atoms with E-state index in [-0.39, 0.29) is 0 Å². The quantitative estimate of drug-likeness (QED) is 0.912. The smallest absolute Gasteiger partial charge is 0.133 e. The van der Waals surface area contributed by atoms with Crippen LogP contribution in [0.1, 0.15) is 0 Å². The molecule has 0 saturated heterocycles. The Morgan fingerprint density at radius 2 is 2.00 bits per heavy atom. The highest BCUT2D eigenvalue weighted by atomic mass is 79.9. The number of ether oxygens (including phenoxy) is 1. The zero-order chi connectivity index (χ0) is 12.3. The van der Waals surface area contributed by atoms with Crippen molar-refractivity contribution in [1.82, 2.24) is 4.98 Å². The van der Waals surface area contributed by atoms with E-state index < -0.39 is 0 Å². The second-order valence-electron chi connectivity index (χ2n) is 3.44. The number of nitrogens with zero attached hydrogens (tertiary/aromatic N) is 1. The van der Waals surface area contributed by atoms with Gasteiger partial charge in [0.1, 0.15) is 11.6 Å². The van der Waals surface area contributed by atoms with E-state index in [0.717, 1.165) is 21.6 Å². The van der Waals surface area contributed by atoms with Gasteiger partial charge in [-0.15, -0.1) is 0 Å². The summed E-state index contributed by atoms with van der Waals surface area (Å²) in [5.41, 5.74) is 7.45. The first-order valence-electron chi connectivity index (χ1n) is 5.01. The summed E-state index contributed by atoms with van der Waals surface area (Å²) in [5.74, 6) is 1.28. The van der Waals surface area contributed by atoms with Crippen LogP contribution in [0.2, 0.25) is 0 Å². The highest BCUT2D eigenvalue weighted by Gasteiger charge is 2.01. The van der Waals surface area contributed by atoms with E-state index in [4.69, 9.17) is 10.5 Å². The van der Waals surface area contributed by atoms with Crippen LogP contribution in [0.15, 0.2) is 41.0 Å². The molecule has 0 amide bonds. The largest absolute Gasteiger partial charge is 0.496 e. The number of nitrogen functional groups attached to an aromatic ring is 1. The molecule has 1 aromatic carbocycles. The minimum absolute atomic E-state index is 0.488. The van der Waals surface area contributed by atoms with Gasteiger partial charge in [0, 0.05) is 23.6 Å². The van der Waals surface area contributed by atoms with Gasteiger partial charge in [-0.2, -0.15) is 0 Å². The first kappa shape index (κ1) is 11.7. The van der Waals surface area contributed by atoms with Gasteiger partial charge in [0.15, 0.2) is 0 Å². The second-order valence-corrected chi connectivity index (χ2v) is 4.30. The van der Waals surface area contributed by atoms with Crippen molar-refractivity contribution in [2.75, 3.05) is 18.2 Å². The third-order valence-corrected chi connectivity index (χ3v) is 2.84. The van der Waals surface area contributed by atoms with Crippen LogP contribution in [-0.2, 0) is 0 Å². The van der Waals surface area contributed by atoms with Gasteiger partial charge in [0.05, 0.1) is 11.6 Å². The molecule has 2 aromatic rings. The molecule has 4 nitrogen and oxygen atoms in total. The van der Waals surface area contributed by atoms with E-state index >= 15 is 0 Å². The Morgan fingerprint density at radius 3 is 2.65 bits per heavy atom. The van der Waals surface area contributed by atoms with Crippen LogP contribution in [0.25, 0.3) is 0 Å². The summed E-state index contributed by atoms with van der Waals surface area (Å²) < 4.78 is 6.06. The van der Waals surface area contributed by atoms with Crippen LogP contribution in [0, 0.1) is 0 Å². The van der Waals surface area contributed by atoms with E-state index in [9.17, 15) is 0 Å². The van der Waals surface area contributed by atoms with Crippen molar-refractivity contribution in [3.8, 4) is 5.75 Å². The molecule has 0 aliphatic carbocycles. The van der Waals surface area contributed by atoms with E-state index in [1.165, 1.54) is 0 Å². The summed E-state index contributed by atoms with van der Waals surface area (Å²) in [4.78, 5) is 3.93. The zero-order valence-corrected chi connectivity index (χ0v) is 10.9. The molecule has 0 unspecified atom stereocenters. The van der Waals surface area contributed by atoms with Crippen LogP contribution >= 0.6 is 15.9 Å². The van der Waals surface area contributed by atoms with E-state index in [1.807, 2.05) is 24.3 Å². The zero-order valence-electron chi connectivity index (χ0n) is 9.27. The Labute approximate surface area is 108 Å². The van der Waals surface area contributed by atoms with Crippen LogP contribution in [0.5, 0.6) is 5.75 Å². The Kier molecular flexibility index (Phi) is 3.49. The Morgan fingerprint density at radius 1 is 1.24 bits per heavy atom. The minimum atomic E-state index is 0.488. The van der Waals surface area contributed by atoms with Gasteiger partial charge in [-0.25, -0.2) is 4.98 Å². The van der Waals surface area contributed by atoms with Gasteiger partial charge in [0.2, 0.25) is 0 Å². The number of hydrogen-bond donors (Lipinski definition) is 2. The van der Waals surface area contributed by atoms with Crippen molar-refractivity contribution in [3.05, 3.63) is 41.0 Å². The van der Waals surface area contributed by atoms with E-state index in [2.05, 4.69) is 26.2 Å². The van der Waals surface area contributed by atoms with Crippen molar-refractivity contribution < 1.29 is 4.74 Å². The molecule has 5 heteroatoms. The number of nitrogens with two attached hydrogens (primary N) is 1. The molecule has 1 heterocycles. The van der Waals surface area contributed by atoms with Crippen LogP contribution in [-0.4, -0.2) is 12.1 Å². The van der Waals surface area contributed by atoms with Crippen molar-refractivity contribution in [2.45, 2.75) is 0 Å². The maximum atomic E-state index is 5.61. The van der Waals surface area contributed by atoms with Crippen LogP contribution in [0.3, 0.4) is 0 Å². The Hall–Kier alpha value is -1.75. The Balaban J connectivity index is 2.22. The molecule has 0 radical (unpaired) electrons. The lowest BCUT2D eigenvalue weighted by Crippen LogP contribution is -1.94. The molecule has 0 bridgehead atoms. The maximum Gasteiger partial charge on any atom is 0.133 e. The molecule has 3 N–H and O–H groups in total. The molecule has 0 aliphatic heterocycles. The first-order valence-corrected chi connectivity index (χ1v) is 5.80. The topological polar surface area (TPSA) is 60.2 Å². The standard InChI is InChI=1S/C12H12BrN3O/c1-17-11-3-2-8(6-10(11)13)16-9-4-5-15-12(14)7-9/h2-7H,1H3,(H3,14,15,16). The van der Waals surface area contributed by atoms with Crippen molar-refractivity contribution >= 4 is 33.1 Å². The van der Waals surface area contributed by atoms with Gasteiger partial charge in [-0.1, -0.05) is 0 Å². The molecule has 0 spiro atoms. The van der Waals surface area contributed by atoms with Crippen molar-refractivity contribution in [1.29, 1.82) is 0 Å². The average Bonchev–Trinajstić information content (AvgIpc) is 2.29. The van der Waals surface area contributed by atoms with Gasteiger partial charge in [-0.05, 0) is 40.2 Å². The molecular formula is C12H12BrN3O. The second kappa shape index (κ2) is 5.05. The number of pyridine rings is 1. The summed E-state index contributed by atoms with van der Waals surface area (Å²) in [7, 11) is 1.64. The third kappa shape index (κ3) is 2.88. The van der Waals surface area contributed by atoms with Gasteiger partial charge < -0.3 is 15.8 Å². The third-order valence-electron chi connectivity index (χ3n) is 2.22. The Bertz CT molecular complexity index is 531. The molecule has 88 valence electrons. The summed E-state index contributed by atoms with van der Waals surface area (Å²) in [6.07, 6.45) is 1.66. The SMILES string of the molecule is COc1ccc(Nc2ccnc(N)c2)cc1Br. The predicted octanol–water partition coefficient (Wildman–Crippen LogP) is 3.18. The molecular weight excluding hydrogens is 282 g/mol. The first-order chi connectivity index (χ1) is 8.19. The van der Waals surface area contributed by atoms with Gasteiger partial charge in [0.25, 0.3) is 0 Å². The molecule has 0 atom stereocenters. The molecule has 2 rings (SSSR count). The summed E-state index contributed by atoms with van der Waals surface area (Å²) in [5, 5.41) is 3.23. The number of nitrogens with one attached hydrogen (secondary N) is 1. The number of anilines is 3. The number of rotatable bonds is 3. The minimum Gasteiger partial charge on any atom is -0.496 e. The van der Waals surface area contributed by atoms with E-state index in [0.29, 0.717) is 5.82 Å². The normalized spacial score (nSPS) is 10.0. The van der Waals surface area contributed by atoms with Gasteiger partial charge in [-0.3, -0.25) is 0 Å². The summed E-state index contributed by atoms with van der Waals surface area (Å²) in [6, 6.07) is 9.39.